The Morgan fingerprint density at radius 2 is 1.61 bits per heavy atom. The average Bonchev–Trinajstić information content (AvgIpc) is 2.34. The number of hydrogen-bond acceptors (Lipinski definition) is 1. The van der Waals surface area contributed by atoms with E-state index in [0.29, 0.717) is 6.54 Å². The number of nitrogens with one attached hydrogen (secondary N) is 1. The second-order valence-corrected chi connectivity index (χ2v) is 5.50. The second-order valence-electron chi connectivity index (χ2n) is 3.73. The van der Waals surface area contributed by atoms with Crippen molar-refractivity contribution in [3.63, 3.8) is 0 Å². The fourth-order valence-corrected chi connectivity index (χ4v) is 2.04. The van der Waals surface area contributed by atoms with Crippen LogP contribution in [-0.4, -0.2) is 0 Å². The first-order valence-electron chi connectivity index (χ1n) is 5.19. The third kappa shape index (κ3) is 3.29. The lowest BCUT2D eigenvalue weighted by atomic mass is 10.2. The van der Waals surface area contributed by atoms with Gasteiger partial charge in [-0.25, -0.2) is 8.78 Å². The number of rotatable bonds is 3. The molecule has 94 valence electrons. The first-order valence-corrected chi connectivity index (χ1v) is 6.78. The fraction of sp³-hybridized carbons (Fsp3) is 0.0769. The van der Waals surface area contributed by atoms with Crippen molar-refractivity contribution in [3.8, 4) is 0 Å². The third-order valence-electron chi connectivity index (χ3n) is 2.41. The van der Waals surface area contributed by atoms with Gasteiger partial charge in [-0.1, -0.05) is 28.1 Å². The summed E-state index contributed by atoms with van der Waals surface area (Å²) in [4.78, 5) is 0. The van der Waals surface area contributed by atoms with Crippen molar-refractivity contribution in [2.24, 2.45) is 0 Å². The largest absolute Gasteiger partial charge is 0.379 e. The van der Waals surface area contributed by atoms with Gasteiger partial charge in [0.2, 0.25) is 0 Å². The van der Waals surface area contributed by atoms with Crippen molar-refractivity contribution in [1.82, 2.24) is 0 Å². The summed E-state index contributed by atoms with van der Waals surface area (Å²) in [7, 11) is 0. The van der Waals surface area contributed by atoms with Crippen LogP contribution < -0.4 is 5.32 Å². The third-order valence-corrected chi connectivity index (χ3v) is 3.54. The van der Waals surface area contributed by atoms with Crippen molar-refractivity contribution in [1.29, 1.82) is 0 Å². The molecule has 0 fully saturated rings. The molecule has 18 heavy (non-hydrogen) atoms. The van der Waals surface area contributed by atoms with Crippen molar-refractivity contribution in [3.05, 3.63) is 62.5 Å². The van der Waals surface area contributed by atoms with Gasteiger partial charge in [0.15, 0.2) is 0 Å². The highest BCUT2D eigenvalue weighted by molar-refractivity contribution is 9.10. The Balaban J connectivity index is 2.10. The van der Waals surface area contributed by atoms with Gasteiger partial charge >= 0.3 is 0 Å². The summed E-state index contributed by atoms with van der Waals surface area (Å²) in [6.07, 6.45) is 0. The first kappa shape index (κ1) is 13.5. The van der Waals surface area contributed by atoms with Crippen molar-refractivity contribution >= 4 is 37.5 Å². The van der Waals surface area contributed by atoms with Crippen LogP contribution in [0.15, 0.2) is 45.3 Å². The van der Waals surface area contributed by atoms with Gasteiger partial charge in [0.1, 0.15) is 11.6 Å². The quantitative estimate of drug-likeness (QED) is 0.734. The molecule has 0 saturated carbocycles. The van der Waals surface area contributed by atoms with E-state index in [9.17, 15) is 8.78 Å². The molecule has 1 nitrogen and oxygen atoms in total. The van der Waals surface area contributed by atoms with Crippen molar-refractivity contribution in [2.75, 3.05) is 5.32 Å². The normalized spacial score (nSPS) is 10.4. The van der Waals surface area contributed by atoms with Crippen LogP contribution in [0.4, 0.5) is 14.5 Å². The SMILES string of the molecule is Fc1cc(NCc2ccc(Br)cc2)c(F)cc1Br. The molecule has 2 aromatic rings. The molecular formula is C13H9Br2F2N. The molecule has 0 aliphatic heterocycles. The summed E-state index contributed by atoms with van der Waals surface area (Å²) in [6.45, 7) is 0.436. The molecule has 0 unspecified atom stereocenters. The zero-order valence-corrected chi connectivity index (χ0v) is 12.4. The predicted octanol–water partition coefficient (Wildman–Crippen LogP) is 5.10. The maximum Gasteiger partial charge on any atom is 0.147 e. The number of hydrogen-bond donors (Lipinski definition) is 1. The second kappa shape index (κ2) is 5.80. The standard InChI is InChI=1S/C13H9Br2F2N/c14-9-3-1-8(2-4-9)7-18-13-6-11(16)10(15)5-12(13)17/h1-6,18H,7H2. The molecule has 0 aliphatic rings. The molecule has 0 heterocycles. The molecule has 0 aliphatic carbocycles. The Morgan fingerprint density at radius 3 is 2.28 bits per heavy atom. The maximum absolute atomic E-state index is 13.5. The summed E-state index contributed by atoms with van der Waals surface area (Å²) in [5.41, 5.74) is 1.14. The summed E-state index contributed by atoms with van der Waals surface area (Å²) in [5.74, 6) is -0.977. The van der Waals surface area contributed by atoms with Crippen molar-refractivity contribution < 1.29 is 8.78 Å². The lowest BCUT2D eigenvalue weighted by molar-refractivity contribution is 0.596. The predicted molar refractivity (Wildman–Crippen MR) is 75.5 cm³/mol. The van der Waals surface area contributed by atoms with Gasteiger partial charge in [-0.05, 0) is 39.7 Å². The zero-order valence-electron chi connectivity index (χ0n) is 9.18. The smallest absolute Gasteiger partial charge is 0.147 e. The van der Waals surface area contributed by atoms with Crippen LogP contribution in [0.25, 0.3) is 0 Å². The Morgan fingerprint density at radius 1 is 0.944 bits per heavy atom. The number of halogens is 4. The van der Waals surface area contributed by atoms with Gasteiger partial charge in [-0.15, -0.1) is 0 Å². The first-order chi connectivity index (χ1) is 8.56. The minimum Gasteiger partial charge on any atom is -0.379 e. The topological polar surface area (TPSA) is 12.0 Å². The summed E-state index contributed by atoms with van der Waals surface area (Å²) in [5, 5.41) is 2.87. The van der Waals surface area contributed by atoms with E-state index in [4.69, 9.17) is 0 Å². The van der Waals surface area contributed by atoms with Gasteiger partial charge in [-0.2, -0.15) is 0 Å². The van der Waals surface area contributed by atoms with E-state index in [2.05, 4.69) is 37.2 Å². The van der Waals surface area contributed by atoms with Gasteiger partial charge in [0.25, 0.3) is 0 Å². The zero-order chi connectivity index (χ0) is 13.1. The van der Waals surface area contributed by atoms with E-state index in [1.54, 1.807) is 0 Å². The molecule has 1 N–H and O–H groups in total. The van der Waals surface area contributed by atoms with Crippen LogP contribution in [0.3, 0.4) is 0 Å². The van der Waals surface area contributed by atoms with Crippen LogP contribution in [0.5, 0.6) is 0 Å². The molecule has 0 amide bonds. The Labute approximate surface area is 120 Å². The van der Waals surface area contributed by atoms with E-state index < -0.39 is 11.6 Å². The molecule has 0 radical (unpaired) electrons. The minimum atomic E-state index is -0.491. The van der Waals surface area contributed by atoms with Crippen LogP contribution in [0.1, 0.15) is 5.56 Å². The molecule has 5 heteroatoms. The molecule has 0 saturated heterocycles. The molecule has 2 aromatic carbocycles. The molecular weight excluding hydrogens is 368 g/mol. The van der Waals surface area contributed by atoms with E-state index in [1.807, 2.05) is 24.3 Å². The Hall–Kier alpha value is -0.940. The van der Waals surface area contributed by atoms with E-state index >= 15 is 0 Å². The van der Waals surface area contributed by atoms with E-state index in [1.165, 1.54) is 0 Å². The van der Waals surface area contributed by atoms with Crippen LogP contribution in [0.2, 0.25) is 0 Å². The number of anilines is 1. The average molecular weight is 377 g/mol. The summed E-state index contributed by atoms with van der Waals surface area (Å²) >= 11 is 6.27. The highest BCUT2D eigenvalue weighted by Gasteiger charge is 2.07. The van der Waals surface area contributed by atoms with Crippen LogP contribution >= 0.6 is 31.9 Å². The van der Waals surface area contributed by atoms with Gasteiger partial charge in [0.05, 0.1) is 10.2 Å². The lowest BCUT2D eigenvalue weighted by Crippen LogP contribution is -2.02. The molecule has 0 bridgehead atoms. The van der Waals surface area contributed by atoms with E-state index in [0.717, 1.165) is 22.2 Å². The number of benzene rings is 2. The highest BCUT2D eigenvalue weighted by Crippen LogP contribution is 2.23. The molecule has 0 aromatic heterocycles. The van der Waals surface area contributed by atoms with Crippen LogP contribution in [-0.2, 0) is 6.54 Å². The maximum atomic E-state index is 13.5. The Bertz CT molecular complexity index is 556. The fourth-order valence-electron chi connectivity index (χ4n) is 1.46. The highest BCUT2D eigenvalue weighted by atomic mass is 79.9. The monoisotopic (exact) mass is 375 g/mol. The summed E-state index contributed by atoms with van der Waals surface area (Å²) in [6, 6.07) is 9.86. The summed E-state index contributed by atoms with van der Waals surface area (Å²) < 4.78 is 27.9. The Kier molecular flexibility index (Phi) is 4.35. The van der Waals surface area contributed by atoms with Gasteiger partial charge in [-0.3, -0.25) is 0 Å². The van der Waals surface area contributed by atoms with Crippen molar-refractivity contribution in [2.45, 2.75) is 6.54 Å². The lowest BCUT2D eigenvalue weighted by Gasteiger charge is -2.08. The van der Waals surface area contributed by atoms with Gasteiger partial charge in [0, 0.05) is 17.1 Å². The molecule has 2 rings (SSSR count). The minimum absolute atomic E-state index is 0.120. The van der Waals surface area contributed by atoms with Crippen LogP contribution in [0, 0.1) is 11.6 Å². The van der Waals surface area contributed by atoms with E-state index in [-0.39, 0.29) is 10.2 Å². The van der Waals surface area contributed by atoms with Gasteiger partial charge < -0.3 is 5.32 Å². The molecule has 0 spiro atoms. The molecule has 0 atom stereocenters.